The average molecular weight is 260 g/mol. The highest BCUT2D eigenvalue weighted by Crippen LogP contribution is 2.54. The van der Waals surface area contributed by atoms with E-state index in [2.05, 4.69) is 0 Å². The molecule has 2 rings (SSSR count). The Labute approximate surface area is 105 Å². The van der Waals surface area contributed by atoms with Gasteiger partial charge in [0.05, 0.1) is 5.41 Å². The average Bonchev–Trinajstić information content (AvgIpc) is 2.79. The van der Waals surface area contributed by atoms with E-state index < -0.39 is 11.3 Å². The minimum absolute atomic E-state index is 0.0163. The van der Waals surface area contributed by atoms with Gasteiger partial charge in [-0.3, -0.25) is 0 Å². The monoisotopic (exact) mass is 259 g/mol. The first-order valence-corrected chi connectivity index (χ1v) is 6.24. The maximum Gasteiger partial charge on any atom is 0.279 e. The number of hydrogen-bond acceptors (Lipinski definition) is 1. The molecule has 1 nitrogen and oxygen atoms in total. The van der Waals surface area contributed by atoms with Crippen LogP contribution in [0.2, 0.25) is 5.02 Å². The molecule has 0 aromatic heterocycles. The molecule has 4 heteroatoms. The van der Waals surface area contributed by atoms with Crippen LogP contribution in [-0.4, -0.2) is 6.54 Å². The molecule has 1 aliphatic carbocycles. The van der Waals surface area contributed by atoms with Crippen LogP contribution in [0.25, 0.3) is 0 Å². The SMILES string of the molecule is NCC1(C(F)(F)c2cccc(Cl)c2)CCCC1. The second-order valence-electron chi connectivity index (χ2n) is 4.78. The summed E-state index contributed by atoms with van der Waals surface area (Å²) >= 11 is 5.78. The summed E-state index contributed by atoms with van der Waals surface area (Å²) in [4.78, 5) is 0. The predicted molar refractivity (Wildman–Crippen MR) is 65.3 cm³/mol. The topological polar surface area (TPSA) is 26.0 Å². The zero-order valence-electron chi connectivity index (χ0n) is 9.56. The van der Waals surface area contributed by atoms with Gasteiger partial charge >= 0.3 is 0 Å². The van der Waals surface area contributed by atoms with Gasteiger partial charge in [0, 0.05) is 17.1 Å². The molecule has 0 atom stereocenters. The summed E-state index contributed by atoms with van der Waals surface area (Å²) in [6.07, 6.45) is 2.63. The van der Waals surface area contributed by atoms with Crippen LogP contribution in [0.5, 0.6) is 0 Å². The molecule has 0 saturated heterocycles. The Bertz CT molecular complexity index is 400. The van der Waals surface area contributed by atoms with Crippen LogP contribution in [0.4, 0.5) is 8.78 Å². The Morgan fingerprint density at radius 3 is 2.47 bits per heavy atom. The van der Waals surface area contributed by atoms with Gasteiger partial charge in [0.15, 0.2) is 0 Å². The highest BCUT2D eigenvalue weighted by Gasteiger charge is 2.54. The number of halogens is 3. The van der Waals surface area contributed by atoms with E-state index in [-0.39, 0.29) is 12.1 Å². The fourth-order valence-electron chi connectivity index (χ4n) is 2.69. The third-order valence-electron chi connectivity index (χ3n) is 3.80. The fraction of sp³-hybridized carbons (Fsp3) is 0.538. The van der Waals surface area contributed by atoms with Crippen molar-refractivity contribution >= 4 is 11.6 Å². The number of alkyl halides is 2. The van der Waals surface area contributed by atoms with Crippen molar-refractivity contribution in [3.8, 4) is 0 Å². The van der Waals surface area contributed by atoms with Gasteiger partial charge in [0.1, 0.15) is 0 Å². The largest absolute Gasteiger partial charge is 0.330 e. The Balaban J connectivity index is 2.40. The lowest BCUT2D eigenvalue weighted by molar-refractivity contribution is -0.124. The molecule has 0 radical (unpaired) electrons. The van der Waals surface area contributed by atoms with Crippen LogP contribution >= 0.6 is 11.6 Å². The van der Waals surface area contributed by atoms with Gasteiger partial charge in [-0.15, -0.1) is 0 Å². The van der Waals surface area contributed by atoms with Gasteiger partial charge in [-0.05, 0) is 25.0 Å². The number of benzene rings is 1. The van der Waals surface area contributed by atoms with Crippen molar-refractivity contribution < 1.29 is 8.78 Å². The molecule has 1 aliphatic rings. The number of rotatable bonds is 3. The molecule has 17 heavy (non-hydrogen) atoms. The summed E-state index contributed by atoms with van der Waals surface area (Å²) in [7, 11) is 0. The van der Waals surface area contributed by atoms with Crippen LogP contribution in [0.1, 0.15) is 31.2 Å². The molecule has 1 fully saturated rings. The van der Waals surface area contributed by atoms with E-state index >= 15 is 0 Å². The van der Waals surface area contributed by atoms with Gasteiger partial charge in [0.25, 0.3) is 5.92 Å². The van der Waals surface area contributed by atoms with Crippen molar-refractivity contribution in [1.82, 2.24) is 0 Å². The third kappa shape index (κ3) is 2.06. The van der Waals surface area contributed by atoms with Gasteiger partial charge in [-0.25, -0.2) is 8.78 Å². The van der Waals surface area contributed by atoms with E-state index in [0.717, 1.165) is 12.8 Å². The van der Waals surface area contributed by atoms with E-state index in [9.17, 15) is 8.78 Å². The molecule has 94 valence electrons. The molecule has 1 aromatic rings. The molecule has 0 aliphatic heterocycles. The molecule has 2 N–H and O–H groups in total. The maximum atomic E-state index is 14.6. The lowest BCUT2D eigenvalue weighted by atomic mass is 9.76. The quantitative estimate of drug-likeness (QED) is 0.874. The normalized spacial score (nSPS) is 19.5. The molecule has 0 spiro atoms. The first-order chi connectivity index (χ1) is 8.02. The van der Waals surface area contributed by atoms with Gasteiger partial charge in [0.2, 0.25) is 0 Å². The summed E-state index contributed by atoms with van der Waals surface area (Å²) in [5, 5.41) is 0.340. The van der Waals surface area contributed by atoms with Crippen LogP contribution in [-0.2, 0) is 5.92 Å². The van der Waals surface area contributed by atoms with E-state index in [1.54, 1.807) is 12.1 Å². The Morgan fingerprint density at radius 1 is 1.29 bits per heavy atom. The van der Waals surface area contributed by atoms with E-state index in [4.69, 9.17) is 17.3 Å². The smallest absolute Gasteiger partial charge is 0.279 e. The summed E-state index contributed by atoms with van der Waals surface area (Å²) in [6, 6.07) is 5.94. The highest BCUT2D eigenvalue weighted by atomic mass is 35.5. The molecule has 1 saturated carbocycles. The summed E-state index contributed by atoms with van der Waals surface area (Å²) in [5.41, 5.74) is 4.52. The van der Waals surface area contributed by atoms with Crippen LogP contribution in [0.3, 0.4) is 0 Å². The van der Waals surface area contributed by atoms with Crippen molar-refractivity contribution in [3.63, 3.8) is 0 Å². The van der Waals surface area contributed by atoms with Crippen LogP contribution in [0.15, 0.2) is 24.3 Å². The van der Waals surface area contributed by atoms with E-state index in [0.29, 0.717) is 17.9 Å². The van der Waals surface area contributed by atoms with Gasteiger partial charge in [-0.1, -0.05) is 36.6 Å². The summed E-state index contributed by atoms with van der Waals surface area (Å²) in [6.45, 7) is 0.0204. The van der Waals surface area contributed by atoms with E-state index in [1.807, 2.05) is 0 Å². The second kappa shape index (κ2) is 4.54. The Kier molecular flexibility index (Phi) is 3.41. The molecule has 1 aromatic carbocycles. The summed E-state index contributed by atoms with van der Waals surface area (Å²) < 4.78 is 29.1. The first-order valence-electron chi connectivity index (χ1n) is 5.86. The maximum absolute atomic E-state index is 14.6. The van der Waals surface area contributed by atoms with Crippen molar-refractivity contribution in [3.05, 3.63) is 34.9 Å². The van der Waals surface area contributed by atoms with Gasteiger partial charge < -0.3 is 5.73 Å². The molecular weight excluding hydrogens is 244 g/mol. The van der Waals surface area contributed by atoms with Crippen molar-refractivity contribution in [2.75, 3.05) is 6.54 Å². The molecule has 0 bridgehead atoms. The molecule has 0 unspecified atom stereocenters. The van der Waals surface area contributed by atoms with Crippen molar-refractivity contribution in [2.24, 2.45) is 11.1 Å². The Hall–Kier alpha value is -0.670. The van der Waals surface area contributed by atoms with Gasteiger partial charge in [-0.2, -0.15) is 0 Å². The zero-order valence-corrected chi connectivity index (χ0v) is 10.3. The standard InChI is InChI=1S/C13H16ClF2N/c14-11-5-3-4-10(8-11)13(15,16)12(9-17)6-1-2-7-12/h3-5,8H,1-2,6-7,9,17H2. The van der Waals surface area contributed by atoms with E-state index in [1.165, 1.54) is 12.1 Å². The molecule has 0 amide bonds. The minimum Gasteiger partial charge on any atom is -0.330 e. The Morgan fingerprint density at radius 2 is 1.94 bits per heavy atom. The van der Waals surface area contributed by atoms with Crippen LogP contribution < -0.4 is 5.73 Å². The van der Waals surface area contributed by atoms with Crippen molar-refractivity contribution in [2.45, 2.75) is 31.6 Å². The first kappa shape index (κ1) is 12.8. The minimum atomic E-state index is -2.90. The second-order valence-corrected chi connectivity index (χ2v) is 5.21. The lowest BCUT2D eigenvalue weighted by Gasteiger charge is -2.36. The predicted octanol–water partition coefficient (Wildman–Crippen LogP) is 3.95. The third-order valence-corrected chi connectivity index (χ3v) is 4.04. The molecular formula is C13H16ClF2N. The highest BCUT2D eigenvalue weighted by molar-refractivity contribution is 6.30. The molecule has 0 heterocycles. The van der Waals surface area contributed by atoms with Crippen molar-refractivity contribution in [1.29, 1.82) is 0 Å². The fourth-order valence-corrected chi connectivity index (χ4v) is 2.88. The number of nitrogens with two attached hydrogens (primary N) is 1. The summed E-state index contributed by atoms with van der Waals surface area (Å²) in [5.74, 6) is -2.90. The number of hydrogen-bond donors (Lipinski definition) is 1. The van der Waals surface area contributed by atoms with Crippen LogP contribution in [0, 0.1) is 5.41 Å². The lowest BCUT2D eigenvalue weighted by Crippen LogP contribution is -2.43. The zero-order chi connectivity index (χ0) is 12.5.